The van der Waals surface area contributed by atoms with Crippen LogP contribution >= 0.6 is 11.3 Å². The molecule has 140 valence electrons. The van der Waals surface area contributed by atoms with E-state index in [4.69, 9.17) is 0 Å². The van der Waals surface area contributed by atoms with E-state index in [1.165, 1.54) is 12.8 Å². The Labute approximate surface area is 162 Å². The Balaban J connectivity index is 1.50. The molecule has 0 aliphatic carbocycles. The van der Waals surface area contributed by atoms with Crippen LogP contribution in [0.25, 0.3) is 16.4 Å². The van der Waals surface area contributed by atoms with Gasteiger partial charge in [-0.25, -0.2) is 9.67 Å². The molecule has 0 bridgehead atoms. The van der Waals surface area contributed by atoms with Crippen LogP contribution in [0.4, 0.5) is 0 Å². The van der Waals surface area contributed by atoms with E-state index in [9.17, 15) is 4.79 Å². The molecule has 1 aliphatic heterocycles. The SMILES string of the molecule is O=C(NCCC1CCCNC1)c1nc(-c2cccs2)n(-c2ccccc2)n1. The van der Waals surface area contributed by atoms with Crippen molar-refractivity contribution in [2.24, 2.45) is 5.92 Å². The largest absolute Gasteiger partial charge is 0.349 e. The number of hydrogen-bond donors (Lipinski definition) is 2. The van der Waals surface area contributed by atoms with Crippen LogP contribution in [0.1, 0.15) is 29.9 Å². The highest BCUT2D eigenvalue weighted by atomic mass is 32.1. The normalized spacial score (nSPS) is 17.0. The Morgan fingerprint density at radius 1 is 1.26 bits per heavy atom. The number of aromatic nitrogens is 3. The van der Waals surface area contributed by atoms with Crippen molar-refractivity contribution in [3.05, 3.63) is 53.7 Å². The minimum atomic E-state index is -0.216. The minimum absolute atomic E-state index is 0.212. The molecule has 1 unspecified atom stereocenters. The lowest BCUT2D eigenvalue weighted by Crippen LogP contribution is -2.33. The van der Waals surface area contributed by atoms with Crippen LogP contribution in [0.15, 0.2) is 47.8 Å². The fraction of sp³-hybridized carbons (Fsp3) is 0.350. The van der Waals surface area contributed by atoms with Crippen molar-refractivity contribution in [2.75, 3.05) is 19.6 Å². The van der Waals surface area contributed by atoms with Gasteiger partial charge in [-0.3, -0.25) is 4.79 Å². The van der Waals surface area contributed by atoms with Crippen molar-refractivity contribution < 1.29 is 4.79 Å². The van der Waals surface area contributed by atoms with Gasteiger partial charge < -0.3 is 10.6 Å². The molecular weight excluding hydrogens is 358 g/mol. The Hall–Kier alpha value is -2.51. The first-order chi connectivity index (χ1) is 13.3. The fourth-order valence-electron chi connectivity index (χ4n) is 3.36. The highest BCUT2D eigenvalue weighted by molar-refractivity contribution is 7.13. The number of thiophene rings is 1. The average Bonchev–Trinajstić information content (AvgIpc) is 3.39. The van der Waals surface area contributed by atoms with Crippen molar-refractivity contribution >= 4 is 17.2 Å². The molecule has 2 N–H and O–H groups in total. The summed E-state index contributed by atoms with van der Waals surface area (Å²) in [4.78, 5) is 18.1. The number of carbonyl (C=O) groups is 1. The van der Waals surface area contributed by atoms with Gasteiger partial charge in [0.1, 0.15) is 0 Å². The second-order valence-corrected chi connectivity index (χ2v) is 7.69. The van der Waals surface area contributed by atoms with Crippen LogP contribution < -0.4 is 10.6 Å². The lowest BCUT2D eigenvalue weighted by Gasteiger charge is -2.22. The summed E-state index contributed by atoms with van der Waals surface area (Å²) in [5.41, 5.74) is 0.890. The monoisotopic (exact) mass is 381 g/mol. The second-order valence-electron chi connectivity index (χ2n) is 6.74. The number of hydrogen-bond acceptors (Lipinski definition) is 5. The van der Waals surface area contributed by atoms with Crippen molar-refractivity contribution in [1.29, 1.82) is 0 Å². The molecule has 3 heterocycles. The van der Waals surface area contributed by atoms with Crippen molar-refractivity contribution in [3.63, 3.8) is 0 Å². The number of rotatable bonds is 6. The number of carbonyl (C=O) groups excluding carboxylic acids is 1. The van der Waals surface area contributed by atoms with Crippen LogP contribution in [-0.2, 0) is 0 Å². The van der Waals surface area contributed by atoms with Gasteiger partial charge >= 0.3 is 0 Å². The first-order valence-corrected chi connectivity index (χ1v) is 10.2. The number of nitrogens with zero attached hydrogens (tertiary/aromatic N) is 3. The van der Waals surface area contributed by atoms with E-state index in [-0.39, 0.29) is 11.7 Å². The molecule has 6 nitrogen and oxygen atoms in total. The third-order valence-electron chi connectivity index (χ3n) is 4.79. The molecule has 2 aromatic heterocycles. The van der Waals surface area contributed by atoms with Gasteiger partial charge in [0.15, 0.2) is 5.82 Å². The lowest BCUT2D eigenvalue weighted by atomic mass is 9.96. The summed E-state index contributed by atoms with van der Waals surface area (Å²) in [6.07, 6.45) is 3.42. The summed E-state index contributed by atoms with van der Waals surface area (Å²) in [6, 6.07) is 13.8. The highest BCUT2D eigenvalue weighted by Gasteiger charge is 2.20. The second kappa shape index (κ2) is 8.45. The molecule has 1 atom stereocenters. The van der Waals surface area contributed by atoms with E-state index in [1.807, 2.05) is 47.8 Å². The summed E-state index contributed by atoms with van der Waals surface area (Å²) in [6.45, 7) is 2.80. The van der Waals surface area contributed by atoms with E-state index in [0.29, 0.717) is 18.3 Å². The Morgan fingerprint density at radius 3 is 2.89 bits per heavy atom. The van der Waals surface area contributed by atoms with E-state index >= 15 is 0 Å². The van der Waals surface area contributed by atoms with Crippen LogP contribution in [0, 0.1) is 5.92 Å². The van der Waals surface area contributed by atoms with Gasteiger partial charge in [0.05, 0.1) is 10.6 Å². The predicted octanol–water partition coefficient (Wildman–Crippen LogP) is 3.12. The number of benzene rings is 1. The molecule has 1 amide bonds. The molecule has 1 aromatic carbocycles. The van der Waals surface area contributed by atoms with Gasteiger partial charge in [-0.2, -0.15) is 0 Å². The standard InChI is InChI=1S/C20H23N5OS/c26-20(22-12-10-15-6-4-11-21-14-15)18-23-19(17-9-5-13-27-17)25(24-18)16-7-2-1-3-8-16/h1-3,5,7-9,13,15,21H,4,6,10-12,14H2,(H,22,26). The Morgan fingerprint density at radius 2 is 2.15 bits per heavy atom. The van der Waals surface area contributed by atoms with Crippen LogP contribution in [0.5, 0.6) is 0 Å². The maximum atomic E-state index is 12.6. The molecule has 7 heteroatoms. The van der Waals surface area contributed by atoms with E-state index in [1.54, 1.807) is 16.0 Å². The predicted molar refractivity (Wildman–Crippen MR) is 107 cm³/mol. The third-order valence-corrected chi connectivity index (χ3v) is 5.66. The van der Waals surface area contributed by atoms with Gasteiger partial charge in [-0.15, -0.1) is 16.4 Å². The lowest BCUT2D eigenvalue weighted by molar-refractivity contribution is 0.0940. The van der Waals surface area contributed by atoms with E-state index in [2.05, 4.69) is 20.7 Å². The number of para-hydroxylation sites is 1. The Kier molecular flexibility index (Phi) is 5.60. The number of amides is 1. The third kappa shape index (κ3) is 4.26. The fourth-order valence-corrected chi connectivity index (χ4v) is 4.06. The first kappa shape index (κ1) is 17.9. The molecule has 4 rings (SSSR count). The first-order valence-electron chi connectivity index (χ1n) is 9.36. The van der Waals surface area contributed by atoms with Gasteiger partial charge in [0.2, 0.25) is 5.82 Å². The summed E-state index contributed by atoms with van der Waals surface area (Å²) >= 11 is 1.58. The zero-order valence-electron chi connectivity index (χ0n) is 15.1. The molecule has 0 radical (unpaired) electrons. The molecular formula is C20H23N5OS. The molecule has 1 saturated heterocycles. The van der Waals surface area contributed by atoms with E-state index < -0.39 is 0 Å². The Bertz CT molecular complexity index is 869. The zero-order valence-corrected chi connectivity index (χ0v) is 15.9. The maximum Gasteiger partial charge on any atom is 0.290 e. The molecule has 1 fully saturated rings. The average molecular weight is 382 g/mol. The number of piperidine rings is 1. The van der Waals surface area contributed by atoms with Gasteiger partial charge in [-0.05, 0) is 61.8 Å². The van der Waals surface area contributed by atoms with Crippen molar-refractivity contribution in [2.45, 2.75) is 19.3 Å². The number of nitrogens with one attached hydrogen (secondary N) is 2. The molecule has 27 heavy (non-hydrogen) atoms. The van der Waals surface area contributed by atoms with Crippen molar-refractivity contribution in [1.82, 2.24) is 25.4 Å². The molecule has 0 saturated carbocycles. The smallest absolute Gasteiger partial charge is 0.290 e. The van der Waals surface area contributed by atoms with Gasteiger partial charge in [0.25, 0.3) is 5.91 Å². The molecule has 1 aliphatic rings. The van der Waals surface area contributed by atoms with Crippen molar-refractivity contribution in [3.8, 4) is 16.4 Å². The van der Waals surface area contributed by atoms with Crippen LogP contribution in [-0.4, -0.2) is 40.3 Å². The van der Waals surface area contributed by atoms with E-state index in [0.717, 1.165) is 30.1 Å². The quantitative estimate of drug-likeness (QED) is 0.688. The van der Waals surface area contributed by atoms with Gasteiger partial charge in [0, 0.05) is 6.54 Å². The topological polar surface area (TPSA) is 71.8 Å². The molecule has 3 aromatic rings. The van der Waals surface area contributed by atoms with Crippen LogP contribution in [0.3, 0.4) is 0 Å². The molecule has 0 spiro atoms. The summed E-state index contributed by atoms with van der Waals surface area (Å²) in [5.74, 6) is 1.32. The minimum Gasteiger partial charge on any atom is -0.349 e. The summed E-state index contributed by atoms with van der Waals surface area (Å²) in [7, 11) is 0. The van der Waals surface area contributed by atoms with Gasteiger partial charge in [-0.1, -0.05) is 24.3 Å². The summed E-state index contributed by atoms with van der Waals surface area (Å²) < 4.78 is 1.74. The maximum absolute atomic E-state index is 12.6. The zero-order chi connectivity index (χ0) is 18.5. The highest BCUT2D eigenvalue weighted by Crippen LogP contribution is 2.25. The summed E-state index contributed by atoms with van der Waals surface area (Å²) in [5, 5.41) is 12.9. The van der Waals surface area contributed by atoms with Crippen LogP contribution in [0.2, 0.25) is 0 Å².